The van der Waals surface area contributed by atoms with E-state index in [-0.39, 0.29) is 5.75 Å². The fraction of sp³-hybridized carbons (Fsp3) is 0.294. The van der Waals surface area contributed by atoms with E-state index < -0.39 is 10.7 Å². The van der Waals surface area contributed by atoms with Crippen molar-refractivity contribution < 1.29 is 8.42 Å². The molecule has 0 unspecified atom stereocenters. The van der Waals surface area contributed by atoms with E-state index in [1.807, 2.05) is 18.2 Å². The lowest BCUT2D eigenvalue weighted by Crippen LogP contribution is -2.15. The van der Waals surface area contributed by atoms with E-state index in [0.717, 1.165) is 19.5 Å². The van der Waals surface area contributed by atoms with Gasteiger partial charge in [0.05, 0.1) is 0 Å². The van der Waals surface area contributed by atoms with Crippen molar-refractivity contribution in [1.29, 1.82) is 0 Å². The Balaban J connectivity index is 1.77. The van der Waals surface area contributed by atoms with Gasteiger partial charge in [0.2, 0.25) is 0 Å². The highest BCUT2D eigenvalue weighted by Gasteiger charge is 1.97. The van der Waals surface area contributed by atoms with Gasteiger partial charge in [-0.1, -0.05) is 48.5 Å². The number of nitrogens with one attached hydrogen (secondary N) is 1. The largest absolute Gasteiger partial charge is 0.313 e. The van der Waals surface area contributed by atoms with E-state index in [2.05, 4.69) is 41.7 Å². The average Bonchev–Trinajstić information content (AvgIpc) is 2.49. The highest BCUT2D eigenvalue weighted by molar-refractivity contribution is 7.72. The van der Waals surface area contributed by atoms with Crippen LogP contribution < -0.4 is 5.32 Å². The van der Waals surface area contributed by atoms with Gasteiger partial charge in [-0.3, -0.25) is 0 Å². The number of benzene rings is 2. The smallest absolute Gasteiger partial charge is 0.140 e. The van der Waals surface area contributed by atoms with Gasteiger partial charge in [0, 0.05) is 12.3 Å². The van der Waals surface area contributed by atoms with Gasteiger partial charge in [0.25, 0.3) is 0 Å². The fourth-order valence-electron chi connectivity index (χ4n) is 2.12. The van der Waals surface area contributed by atoms with E-state index in [0.29, 0.717) is 6.42 Å². The summed E-state index contributed by atoms with van der Waals surface area (Å²) in [4.78, 5) is 0. The van der Waals surface area contributed by atoms with Crippen molar-refractivity contribution in [3.8, 4) is 0 Å². The van der Waals surface area contributed by atoms with Gasteiger partial charge < -0.3 is 5.32 Å². The molecule has 0 aliphatic rings. The summed E-state index contributed by atoms with van der Waals surface area (Å²) >= 11 is 0. The Kier molecular flexibility index (Phi) is 6.44. The van der Waals surface area contributed by atoms with Crippen molar-refractivity contribution in [2.24, 2.45) is 0 Å². The van der Waals surface area contributed by atoms with Crippen LogP contribution in [0.25, 0.3) is 0 Å². The number of thiol groups is 1. The van der Waals surface area contributed by atoms with Crippen molar-refractivity contribution in [1.82, 2.24) is 5.32 Å². The van der Waals surface area contributed by atoms with Crippen LogP contribution in [-0.4, -0.2) is 20.7 Å². The van der Waals surface area contributed by atoms with Crippen LogP contribution in [0, 0.1) is 6.07 Å². The molecule has 0 saturated heterocycles. The standard InChI is InChI=1S/C17H20NO2S/c19-21(20)12-4-11-18-14-17-9-7-16(8-10-17)13-15-5-2-1-3-6-15/h1-2,5-10,18,21H,4,11-14H2. The molecule has 2 aromatic carbocycles. The lowest BCUT2D eigenvalue weighted by atomic mass is 10.0. The summed E-state index contributed by atoms with van der Waals surface area (Å²) in [6.07, 6.45) is 1.59. The summed E-state index contributed by atoms with van der Waals surface area (Å²) in [7, 11) is -2.24. The molecule has 111 valence electrons. The minimum absolute atomic E-state index is 0.259. The van der Waals surface area contributed by atoms with Crippen LogP contribution in [0.15, 0.2) is 48.5 Å². The molecule has 1 N–H and O–H groups in total. The van der Waals surface area contributed by atoms with Crippen LogP contribution >= 0.6 is 0 Å². The first-order valence-corrected chi connectivity index (χ1v) is 8.45. The summed E-state index contributed by atoms with van der Waals surface area (Å²) in [5, 5.41) is 3.25. The first kappa shape index (κ1) is 15.7. The summed E-state index contributed by atoms with van der Waals surface area (Å²) < 4.78 is 20.9. The lowest BCUT2D eigenvalue weighted by molar-refractivity contribution is 0.606. The first-order valence-electron chi connectivity index (χ1n) is 7.09. The highest BCUT2D eigenvalue weighted by atomic mass is 32.2. The molecule has 0 amide bonds. The van der Waals surface area contributed by atoms with Gasteiger partial charge in [-0.05, 0) is 42.1 Å². The molecule has 0 aliphatic heterocycles. The summed E-state index contributed by atoms with van der Waals surface area (Å²) in [5.41, 5.74) is 3.75. The van der Waals surface area contributed by atoms with Gasteiger partial charge in [-0.2, -0.15) is 0 Å². The zero-order valence-electron chi connectivity index (χ0n) is 11.9. The maximum absolute atomic E-state index is 10.4. The van der Waals surface area contributed by atoms with Crippen molar-refractivity contribution in [3.05, 3.63) is 71.3 Å². The zero-order chi connectivity index (χ0) is 14.9. The van der Waals surface area contributed by atoms with Gasteiger partial charge in [0.15, 0.2) is 0 Å². The van der Waals surface area contributed by atoms with Crippen molar-refractivity contribution in [2.75, 3.05) is 12.3 Å². The van der Waals surface area contributed by atoms with Crippen LogP contribution in [0.1, 0.15) is 23.1 Å². The lowest BCUT2D eigenvalue weighted by Gasteiger charge is -2.06. The predicted octanol–water partition coefficient (Wildman–Crippen LogP) is 2.17. The Hall–Kier alpha value is -1.65. The van der Waals surface area contributed by atoms with Gasteiger partial charge in [-0.15, -0.1) is 0 Å². The summed E-state index contributed by atoms with van der Waals surface area (Å²) in [5.74, 6) is 0.259. The second-order valence-corrected chi connectivity index (χ2v) is 6.10. The Morgan fingerprint density at radius 3 is 2.43 bits per heavy atom. The molecule has 21 heavy (non-hydrogen) atoms. The minimum Gasteiger partial charge on any atom is -0.313 e. The molecular weight excluding hydrogens is 282 g/mol. The van der Waals surface area contributed by atoms with E-state index in [9.17, 15) is 8.42 Å². The van der Waals surface area contributed by atoms with Crippen molar-refractivity contribution >= 4 is 10.7 Å². The molecule has 0 heterocycles. The van der Waals surface area contributed by atoms with Crippen molar-refractivity contribution in [3.63, 3.8) is 0 Å². The normalized spacial score (nSPS) is 10.9. The number of hydrogen-bond donors (Lipinski definition) is 2. The molecule has 0 aliphatic carbocycles. The monoisotopic (exact) mass is 302 g/mol. The average molecular weight is 302 g/mol. The molecule has 2 rings (SSSR count). The zero-order valence-corrected chi connectivity index (χ0v) is 12.8. The summed E-state index contributed by atoms with van der Waals surface area (Å²) in [6.45, 7) is 1.50. The van der Waals surface area contributed by atoms with Crippen LogP contribution in [0.4, 0.5) is 0 Å². The Morgan fingerprint density at radius 2 is 1.76 bits per heavy atom. The minimum atomic E-state index is -2.24. The number of hydrogen-bond acceptors (Lipinski definition) is 3. The molecule has 0 atom stereocenters. The van der Waals surface area contributed by atoms with Crippen LogP contribution in [0.5, 0.6) is 0 Å². The quantitative estimate of drug-likeness (QED) is 0.580. The van der Waals surface area contributed by atoms with E-state index in [1.54, 1.807) is 0 Å². The molecule has 0 saturated carbocycles. The Labute approximate surface area is 128 Å². The molecule has 2 aromatic rings. The van der Waals surface area contributed by atoms with Crippen molar-refractivity contribution in [2.45, 2.75) is 19.4 Å². The maximum Gasteiger partial charge on any atom is 0.140 e. The SMILES string of the molecule is O=[SH](=O)CCCNCc1ccc(Cc2c[c]ccc2)cc1. The molecule has 4 heteroatoms. The predicted molar refractivity (Wildman–Crippen MR) is 86.0 cm³/mol. The van der Waals surface area contributed by atoms with Crippen LogP contribution in [0.3, 0.4) is 0 Å². The molecule has 0 aromatic heterocycles. The van der Waals surface area contributed by atoms with E-state index in [1.165, 1.54) is 16.7 Å². The second kappa shape index (κ2) is 8.60. The van der Waals surface area contributed by atoms with Gasteiger partial charge >= 0.3 is 0 Å². The van der Waals surface area contributed by atoms with Crippen LogP contribution in [-0.2, 0) is 23.7 Å². The molecule has 0 spiro atoms. The van der Waals surface area contributed by atoms with Gasteiger partial charge in [0.1, 0.15) is 10.7 Å². The number of rotatable bonds is 8. The molecule has 0 fully saturated rings. The summed E-state index contributed by atoms with van der Waals surface area (Å²) in [6, 6.07) is 19.6. The maximum atomic E-state index is 10.4. The molecule has 1 radical (unpaired) electrons. The second-order valence-electron chi connectivity index (χ2n) is 4.99. The Morgan fingerprint density at radius 1 is 1.00 bits per heavy atom. The van der Waals surface area contributed by atoms with Crippen LogP contribution in [0.2, 0.25) is 0 Å². The fourth-order valence-corrected chi connectivity index (χ4v) is 2.53. The van der Waals surface area contributed by atoms with E-state index >= 15 is 0 Å². The Bertz CT molecular complexity index is 598. The topological polar surface area (TPSA) is 46.2 Å². The molecule has 0 bridgehead atoms. The first-order chi connectivity index (χ1) is 10.2. The molecule has 3 nitrogen and oxygen atoms in total. The third-order valence-electron chi connectivity index (χ3n) is 3.23. The van der Waals surface area contributed by atoms with Gasteiger partial charge in [-0.25, -0.2) is 8.42 Å². The highest BCUT2D eigenvalue weighted by Crippen LogP contribution is 2.10. The third kappa shape index (κ3) is 6.10. The van der Waals surface area contributed by atoms with E-state index in [4.69, 9.17) is 0 Å². The molecular formula is C17H20NO2S. The third-order valence-corrected chi connectivity index (χ3v) is 3.91.